The molecule has 1 N–H and O–H groups in total. The molecule has 1 aliphatic carbocycles. The van der Waals surface area contributed by atoms with E-state index in [0.29, 0.717) is 23.7 Å². The van der Waals surface area contributed by atoms with Gasteiger partial charge in [-0.05, 0) is 53.8 Å². The van der Waals surface area contributed by atoms with Gasteiger partial charge in [0.2, 0.25) is 0 Å². The van der Waals surface area contributed by atoms with Crippen molar-refractivity contribution in [3.05, 3.63) is 95.1 Å². The van der Waals surface area contributed by atoms with Crippen LogP contribution in [0.4, 0.5) is 0 Å². The van der Waals surface area contributed by atoms with E-state index < -0.39 is 6.10 Å². The number of aliphatic hydroxyl groups is 1. The van der Waals surface area contributed by atoms with E-state index in [0.717, 1.165) is 43.2 Å². The van der Waals surface area contributed by atoms with Crippen molar-refractivity contribution >= 4 is 5.97 Å². The van der Waals surface area contributed by atoms with E-state index in [2.05, 4.69) is 12.1 Å². The van der Waals surface area contributed by atoms with Crippen molar-refractivity contribution < 1.29 is 24.1 Å². The quantitative estimate of drug-likeness (QED) is 0.397. The molecule has 0 bridgehead atoms. The number of carbonyl (C=O) groups is 1. The summed E-state index contributed by atoms with van der Waals surface area (Å²) in [5, 5.41) is 11.0. The Balaban J connectivity index is 1.50. The van der Waals surface area contributed by atoms with Crippen molar-refractivity contribution in [2.24, 2.45) is 5.92 Å². The number of benzene rings is 3. The predicted molar refractivity (Wildman–Crippen MR) is 131 cm³/mol. The molecule has 1 atom stereocenters. The smallest absolute Gasteiger partial charge is 0.309 e. The first-order chi connectivity index (χ1) is 16.6. The molecule has 1 unspecified atom stereocenters. The van der Waals surface area contributed by atoms with Crippen LogP contribution in [0.15, 0.2) is 72.8 Å². The molecule has 0 spiro atoms. The molecule has 0 amide bonds. The van der Waals surface area contributed by atoms with Gasteiger partial charge in [0, 0.05) is 12.0 Å². The third-order valence-corrected chi connectivity index (χ3v) is 6.36. The van der Waals surface area contributed by atoms with E-state index >= 15 is 0 Å². The van der Waals surface area contributed by atoms with Gasteiger partial charge >= 0.3 is 5.97 Å². The van der Waals surface area contributed by atoms with Crippen molar-refractivity contribution in [3.63, 3.8) is 0 Å². The minimum atomic E-state index is -0.835. The number of ether oxygens (including phenoxy) is 3. The van der Waals surface area contributed by atoms with Crippen LogP contribution in [0.5, 0.6) is 11.5 Å². The summed E-state index contributed by atoms with van der Waals surface area (Å²) in [5.41, 5.74) is 3.38. The number of esters is 1. The zero-order valence-corrected chi connectivity index (χ0v) is 19.6. The number of carbonyl (C=O) groups excluding carboxylic acids is 1. The first-order valence-electron chi connectivity index (χ1n) is 11.9. The minimum absolute atomic E-state index is 0.00648. The lowest BCUT2D eigenvalue weighted by molar-refractivity contribution is -0.149. The summed E-state index contributed by atoms with van der Waals surface area (Å²) in [7, 11) is 1.60. The third kappa shape index (κ3) is 6.17. The van der Waals surface area contributed by atoms with Gasteiger partial charge in [0.25, 0.3) is 0 Å². The molecule has 5 heteroatoms. The molecule has 178 valence electrons. The Morgan fingerprint density at radius 2 is 1.74 bits per heavy atom. The van der Waals surface area contributed by atoms with E-state index in [1.54, 1.807) is 7.11 Å². The highest BCUT2D eigenvalue weighted by molar-refractivity contribution is 5.72. The predicted octanol–water partition coefficient (Wildman–Crippen LogP) is 5.63. The summed E-state index contributed by atoms with van der Waals surface area (Å²) in [6.07, 6.45) is 3.89. The molecule has 0 aliphatic heterocycles. The van der Waals surface area contributed by atoms with Gasteiger partial charge in [-0.3, -0.25) is 4.79 Å². The first kappa shape index (κ1) is 23.8. The van der Waals surface area contributed by atoms with E-state index in [1.165, 1.54) is 5.56 Å². The molecular weight excluding hydrogens is 428 g/mol. The van der Waals surface area contributed by atoms with Gasteiger partial charge in [-0.2, -0.15) is 0 Å². The van der Waals surface area contributed by atoms with Gasteiger partial charge < -0.3 is 19.3 Å². The molecule has 5 nitrogen and oxygen atoms in total. The summed E-state index contributed by atoms with van der Waals surface area (Å²) in [6, 6.07) is 23.1. The fourth-order valence-electron chi connectivity index (χ4n) is 4.38. The van der Waals surface area contributed by atoms with Crippen LogP contribution in [0.2, 0.25) is 0 Å². The van der Waals surface area contributed by atoms with Crippen molar-refractivity contribution in [2.45, 2.75) is 44.8 Å². The van der Waals surface area contributed by atoms with Gasteiger partial charge in [0.05, 0.1) is 19.6 Å². The summed E-state index contributed by atoms with van der Waals surface area (Å²) in [6.45, 7) is 0.625. The second kappa shape index (κ2) is 11.7. The lowest BCUT2D eigenvalue weighted by atomic mass is 9.99. The second-order valence-corrected chi connectivity index (χ2v) is 8.72. The highest BCUT2D eigenvalue weighted by Gasteiger charge is 2.24. The Hall–Kier alpha value is -3.31. The Morgan fingerprint density at radius 3 is 2.50 bits per heavy atom. The summed E-state index contributed by atoms with van der Waals surface area (Å²) in [4.78, 5) is 12.5. The lowest BCUT2D eigenvalue weighted by Crippen LogP contribution is -2.15. The van der Waals surface area contributed by atoms with Crippen LogP contribution in [0, 0.1) is 5.92 Å². The van der Waals surface area contributed by atoms with Crippen LogP contribution >= 0.6 is 0 Å². The van der Waals surface area contributed by atoms with Crippen LogP contribution in [0.1, 0.15) is 54.0 Å². The van der Waals surface area contributed by atoms with Crippen LogP contribution in [0.25, 0.3) is 0 Å². The number of aliphatic hydroxyl groups excluding tert-OH is 1. The van der Waals surface area contributed by atoms with E-state index in [-0.39, 0.29) is 18.5 Å². The van der Waals surface area contributed by atoms with E-state index in [4.69, 9.17) is 14.2 Å². The molecule has 1 aliphatic rings. The lowest BCUT2D eigenvalue weighted by Gasteiger charge is -2.18. The first-order valence-corrected chi connectivity index (χ1v) is 11.9. The average molecular weight is 461 g/mol. The van der Waals surface area contributed by atoms with Crippen LogP contribution in [-0.4, -0.2) is 24.8 Å². The molecule has 1 fully saturated rings. The van der Waals surface area contributed by atoms with Gasteiger partial charge in [-0.1, -0.05) is 61.4 Å². The number of hydrogen-bond acceptors (Lipinski definition) is 5. The normalized spacial score (nSPS) is 14.5. The molecule has 34 heavy (non-hydrogen) atoms. The maximum absolute atomic E-state index is 12.5. The Morgan fingerprint density at radius 1 is 0.971 bits per heavy atom. The standard InChI is InChI=1S/C29H32O5/c1-32-26-13-7-12-23(19-26)28(30)24-14-15-27(33-17-16-21-8-3-2-4-9-21)25(18-24)20-34-29(31)22-10-5-6-11-22/h2-4,7-9,12-15,18-19,22,28,30H,5-6,10-11,16-17,20H2,1H3. The highest BCUT2D eigenvalue weighted by Crippen LogP contribution is 2.31. The van der Waals surface area contributed by atoms with Gasteiger partial charge in [0.15, 0.2) is 0 Å². The Kier molecular flexibility index (Phi) is 8.21. The fourth-order valence-corrected chi connectivity index (χ4v) is 4.38. The van der Waals surface area contributed by atoms with Crippen molar-refractivity contribution in [1.82, 2.24) is 0 Å². The largest absolute Gasteiger partial charge is 0.497 e. The monoisotopic (exact) mass is 460 g/mol. The number of methoxy groups -OCH3 is 1. The molecule has 0 aromatic heterocycles. The van der Waals surface area contributed by atoms with E-state index in [1.807, 2.05) is 60.7 Å². The third-order valence-electron chi connectivity index (χ3n) is 6.36. The van der Waals surface area contributed by atoms with Crippen molar-refractivity contribution in [3.8, 4) is 11.5 Å². The molecule has 3 aromatic carbocycles. The highest BCUT2D eigenvalue weighted by atomic mass is 16.5. The zero-order chi connectivity index (χ0) is 23.8. The number of rotatable bonds is 10. The van der Waals surface area contributed by atoms with Gasteiger partial charge in [0.1, 0.15) is 24.2 Å². The molecule has 0 saturated heterocycles. The second-order valence-electron chi connectivity index (χ2n) is 8.72. The maximum Gasteiger partial charge on any atom is 0.309 e. The van der Waals surface area contributed by atoms with Crippen LogP contribution in [0.3, 0.4) is 0 Å². The van der Waals surface area contributed by atoms with Gasteiger partial charge in [-0.15, -0.1) is 0 Å². The zero-order valence-electron chi connectivity index (χ0n) is 19.6. The summed E-state index contributed by atoms with van der Waals surface area (Å²) in [5.74, 6) is 1.19. The van der Waals surface area contributed by atoms with Crippen molar-refractivity contribution in [1.29, 1.82) is 0 Å². The minimum Gasteiger partial charge on any atom is -0.497 e. The molecule has 0 heterocycles. The van der Waals surface area contributed by atoms with Crippen molar-refractivity contribution in [2.75, 3.05) is 13.7 Å². The SMILES string of the molecule is COc1cccc(C(O)c2ccc(OCCc3ccccc3)c(COC(=O)C3CCCC3)c2)c1. The molecule has 0 radical (unpaired) electrons. The average Bonchev–Trinajstić information content (AvgIpc) is 3.43. The topological polar surface area (TPSA) is 65.0 Å². The molecule has 3 aromatic rings. The Bertz CT molecular complexity index is 1070. The molecule has 1 saturated carbocycles. The Labute approximate surface area is 201 Å². The number of hydrogen-bond donors (Lipinski definition) is 1. The fraction of sp³-hybridized carbons (Fsp3) is 0.345. The molecule has 4 rings (SSSR count). The van der Waals surface area contributed by atoms with Crippen LogP contribution < -0.4 is 9.47 Å². The van der Waals surface area contributed by atoms with Gasteiger partial charge in [-0.25, -0.2) is 0 Å². The summed E-state index contributed by atoms with van der Waals surface area (Å²) >= 11 is 0. The molecular formula is C29H32O5. The van der Waals surface area contributed by atoms with Crippen LogP contribution in [-0.2, 0) is 22.6 Å². The van der Waals surface area contributed by atoms with E-state index in [9.17, 15) is 9.90 Å². The maximum atomic E-state index is 12.5. The summed E-state index contributed by atoms with van der Waals surface area (Å²) < 4.78 is 17.0.